The van der Waals surface area contributed by atoms with Crippen LogP contribution in [-0.4, -0.2) is 30.7 Å². The summed E-state index contributed by atoms with van der Waals surface area (Å²) in [6, 6.07) is 13.7. The van der Waals surface area contributed by atoms with E-state index in [1.165, 1.54) is 0 Å². The summed E-state index contributed by atoms with van der Waals surface area (Å²) in [5, 5.41) is 3.85. The molecule has 2 aliphatic rings. The van der Waals surface area contributed by atoms with Crippen LogP contribution < -0.4 is 14.8 Å². The van der Waals surface area contributed by atoms with Crippen LogP contribution in [0.4, 0.5) is 0 Å². The first-order valence-corrected chi connectivity index (χ1v) is 9.69. The van der Waals surface area contributed by atoms with Gasteiger partial charge in [-0.1, -0.05) is 35.9 Å². The molecule has 0 aliphatic carbocycles. The fourth-order valence-electron chi connectivity index (χ4n) is 3.67. The molecule has 1 atom stereocenters. The second-order valence-electron chi connectivity index (χ2n) is 7.07. The maximum absolute atomic E-state index is 12.7. The van der Waals surface area contributed by atoms with Gasteiger partial charge in [-0.05, 0) is 48.7 Å². The smallest absolute Gasteiger partial charge is 0.231 e. The Labute approximate surface area is 164 Å². The number of carbonyl (C=O) groups is 1. The lowest BCUT2D eigenvalue weighted by molar-refractivity contribution is -0.126. The van der Waals surface area contributed by atoms with Crippen molar-refractivity contribution in [3.8, 4) is 11.5 Å². The van der Waals surface area contributed by atoms with Gasteiger partial charge in [-0.3, -0.25) is 9.69 Å². The number of nitrogens with zero attached hydrogens (tertiary/aromatic N) is 1. The summed E-state index contributed by atoms with van der Waals surface area (Å²) < 4.78 is 10.7. The van der Waals surface area contributed by atoms with Gasteiger partial charge in [-0.2, -0.15) is 0 Å². The van der Waals surface area contributed by atoms with Crippen molar-refractivity contribution in [2.24, 2.45) is 5.92 Å². The largest absolute Gasteiger partial charge is 0.454 e. The second kappa shape index (κ2) is 8.19. The van der Waals surface area contributed by atoms with Crippen molar-refractivity contribution in [1.82, 2.24) is 10.2 Å². The van der Waals surface area contributed by atoms with Gasteiger partial charge in [0.25, 0.3) is 0 Å². The topological polar surface area (TPSA) is 50.8 Å². The van der Waals surface area contributed by atoms with Crippen molar-refractivity contribution < 1.29 is 14.3 Å². The fourth-order valence-corrected chi connectivity index (χ4v) is 3.86. The van der Waals surface area contributed by atoms with Crippen LogP contribution in [0, 0.1) is 5.92 Å². The third-order valence-corrected chi connectivity index (χ3v) is 5.50. The number of likely N-dealkylation sites (tertiary alicyclic amines) is 1. The zero-order valence-corrected chi connectivity index (χ0v) is 15.9. The molecule has 27 heavy (non-hydrogen) atoms. The molecular weight excluding hydrogens is 364 g/mol. The summed E-state index contributed by atoms with van der Waals surface area (Å²) in [5.41, 5.74) is 2.12. The maximum atomic E-state index is 12.7. The van der Waals surface area contributed by atoms with E-state index in [1.807, 2.05) is 42.5 Å². The van der Waals surface area contributed by atoms with Crippen molar-refractivity contribution in [3.05, 3.63) is 58.6 Å². The van der Waals surface area contributed by atoms with E-state index in [9.17, 15) is 4.79 Å². The number of carbonyl (C=O) groups excluding carboxylic acids is 1. The molecule has 4 rings (SSSR count). The van der Waals surface area contributed by atoms with E-state index < -0.39 is 0 Å². The Balaban J connectivity index is 1.31. The number of hydrogen-bond donors (Lipinski definition) is 1. The van der Waals surface area contributed by atoms with Gasteiger partial charge in [-0.15, -0.1) is 0 Å². The van der Waals surface area contributed by atoms with Crippen molar-refractivity contribution in [1.29, 1.82) is 0 Å². The molecule has 2 aromatic carbocycles. The van der Waals surface area contributed by atoms with E-state index >= 15 is 0 Å². The van der Waals surface area contributed by atoms with Crippen LogP contribution in [0.15, 0.2) is 42.5 Å². The standard InChI is InChI=1S/C21H23ClN2O3/c22-18-6-2-1-4-16(18)12-24-9-3-5-17(13-24)21(25)23-11-15-7-8-19-20(10-15)27-14-26-19/h1-2,4,6-8,10,17H,3,5,9,11-14H2,(H,23,25)/t17-/m1/s1. The minimum atomic E-state index is 0.00949. The van der Waals surface area contributed by atoms with Gasteiger partial charge in [-0.25, -0.2) is 0 Å². The number of benzene rings is 2. The molecule has 6 heteroatoms. The summed E-state index contributed by atoms with van der Waals surface area (Å²) in [6.07, 6.45) is 1.94. The SMILES string of the molecule is O=C(NCc1ccc2c(c1)OCO2)[C@@H]1CCCN(Cc2ccccc2Cl)C1. The van der Waals surface area contributed by atoms with Crippen LogP contribution >= 0.6 is 11.6 Å². The molecule has 0 aromatic heterocycles. The van der Waals surface area contributed by atoms with Gasteiger partial charge in [0.2, 0.25) is 12.7 Å². The average Bonchev–Trinajstić information content (AvgIpc) is 3.16. The predicted molar refractivity (Wildman–Crippen MR) is 104 cm³/mol. The van der Waals surface area contributed by atoms with Crippen LogP contribution in [-0.2, 0) is 17.9 Å². The molecule has 1 amide bonds. The first-order chi connectivity index (χ1) is 13.2. The molecular formula is C21H23ClN2O3. The van der Waals surface area contributed by atoms with Gasteiger partial charge >= 0.3 is 0 Å². The Hall–Kier alpha value is -2.24. The summed E-state index contributed by atoms with van der Waals surface area (Å²) in [4.78, 5) is 15.0. The quantitative estimate of drug-likeness (QED) is 0.853. The summed E-state index contributed by atoms with van der Waals surface area (Å²) >= 11 is 6.28. The highest BCUT2D eigenvalue weighted by Crippen LogP contribution is 2.32. The van der Waals surface area contributed by atoms with Crippen molar-refractivity contribution in [2.45, 2.75) is 25.9 Å². The van der Waals surface area contributed by atoms with Gasteiger partial charge in [0.05, 0.1) is 5.92 Å². The third kappa shape index (κ3) is 4.37. The highest BCUT2D eigenvalue weighted by atomic mass is 35.5. The van der Waals surface area contributed by atoms with E-state index in [0.29, 0.717) is 6.54 Å². The molecule has 2 heterocycles. The molecule has 142 valence electrons. The lowest BCUT2D eigenvalue weighted by atomic mass is 9.96. The van der Waals surface area contributed by atoms with E-state index in [1.54, 1.807) is 0 Å². The zero-order chi connectivity index (χ0) is 18.6. The number of amides is 1. The molecule has 2 aromatic rings. The van der Waals surface area contributed by atoms with Gasteiger partial charge in [0, 0.05) is 24.7 Å². The van der Waals surface area contributed by atoms with E-state index in [2.05, 4.69) is 10.2 Å². The molecule has 2 aliphatic heterocycles. The minimum Gasteiger partial charge on any atom is -0.454 e. The molecule has 1 saturated heterocycles. The molecule has 0 saturated carbocycles. The Bertz CT molecular complexity index is 827. The second-order valence-corrected chi connectivity index (χ2v) is 7.48. The van der Waals surface area contributed by atoms with Gasteiger partial charge < -0.3 is 14.8 Å². The van der Waals surface area contributed by atoms with Crippen LogP contribution in [0.5, 0.6) is 11.5 Å². The number of nitrogens with one attached hydrogen (secondary N) is 1. The number of halogens is 1. The molecule has 0 spiro atoms. The molecule has 0 unspecified atom stereocenters. The monoisotopic (exact) mass is 386 g/mol. The number of hydrogen-bond acceptors (Lipinski definition) is 4. The molecule has 5 nitrogen and oxygen atoms in total. The molecule has 0 radical (unpaired) electrons. The number of ether oxygens (including phenoxy) is 2. The Morgan fingerprint density at radius 3 is 2.93 bits per heavy atom. The summed E-state index contributed by atoms with van der Waals surface area (Å²) in [6.45, 7) is 3.30. The maximum Gasteiger partial charge on any atom is 0.231 e. The third-order valence-electron chi connectivity index (χ3n) is 5.13. The Morgan fingerprint density at radius 1 is 1.19 bits per heavy atom. The Kier molecular flexibility index (Phi) is 5.50. The average molecular weight is 387 g/mol. The normalized spacial score (nSPS) is 19.1. The first kappa shape index (κ1) is 18.1. The minimum absolute atomic E-state index is 0.00949. The number of piperidine rings is 1. The van der Waals surface area contributed by atoms with E-state index in [-0.39, 0.29) is 18.6 Å². The van der Waals surface area contributed by atoms with E-state index in [0.717, 1.165) is 60.1 Å². The zero-order valence-electron chi connectivity index (χ0n) is 15.1. The summed E-state index contributed by atoms with van der Waals surface area (Å²) in [7, 11) is 0. The highest BCUT2D eigenvalue weighted by Gasteiger charge is 2.26. The first-order valence-electron chi connectivity index (χ1n) is 9.31. The van der Waals surface area contributed by atoms with Crippen LogP contribution in [0.25, 0.3) is 0 Å². The van der Waals surface area contributed by atoms with Crippen LogP contribution in [0.3, 0.4) is 0 Å². The van der Waals surface area contributed by atoms with E-state index in [4.69, 9.17) is 21.1 Å². The fraction of sp³-hybridized carbons (Fsp3) is 0.381. The van der Waals surface area contributed by atoms with Gasteiger partial charge in [0.15, 0.2) is 11.5 Å². The molecule has 1 fully saturated rings. The molecule has 1 N–H and O–H groups in total. The summed E-state index contributed by atoms with van der Waals surface area (Å²) in [5.74, 6) is 1.62. The van der Waals surface area contributed by atoms with Crippen molar-refractivity contribution in [3.63, 3.8) is 0 Å². The lowest BCUT2D eigenvalue weighted by Gasteiger charge is -2.32. The van der Waals surface area contributed by atoms with Crippen LogP contribution in [0.2, 0.25) is 5.02 Å². The number of fused-ring (bicyclic) bond motifs is 1. The Morgan fingerprint density at radius 2 is 2.04 bits per heavy atom. The van der Waals surface area contributed by atoms with Crippen molar-refractivity contribution in [2.75, 3.05) is 19.9 Å². The highest BCUT2D eigenvalue weighted by molar-refractivity contribution is 6.31. The van der Waals surface area contributed by atoms with Gasteiger partial charge in [0.1, 0.15) is 0 Å². The van der Waals surface area contributed by atoms with Crippen LogP contribution in [0.1, 0.15) is 24.0 Å². The van der Waals surface area contributed by atoms with Crippen molar-refractivity contribution >= 4 is 17.5 Å². The molecule has 0 bridgehead atoms. The number of rotatable bonds is 5. The predicted octanol–water partition coefficient (Wildman–Crippen LogP) is 3.60. The lowest BCUT2D eigenvalue weighted by Crippen LogP contribution is -2.42.